The van der Waals surface area contributed by atoms with Gasteiger partial charge in [0.05, 0.1) is 0 Å². The molecule has 0 radical (unpaired) electrons. The van der Waals surface area contributed by atoms with E-state index in [4.69, 9.17) is 0 Å². The summed E-state index contributed by atoms with van der Waals surface area (Å²) in [5, 5.41) is 3.18. The van der Waals surface area contributed by atoms with Crippen LogP contribution in [0.1, 0.15) is 19.4 Å². The minimum Gasteiger partial charge on any atom is -0.657 e. The van der Waals surface area contributed by atoms with Crippen LogP contribution in [0.15, 0.2) is 47.1 Å². The van der Waals surface area contributed by atoms with Gasteiger partial charge in [0.25, 0.3) is 0 Å². The Morgan fingerprint density at radius 3 is 1.38 bits per heavy atom. The Morgan fingerprint density at radius 1 is 0.622 bits per heavy atom. The molecule has 3 aromatic rings. The molecule has 0 aliphatic heterocycles. The van der Waals surface area contributed by atoms with E-state index in [-0.39, 0.29) is 17.1 Å². The monoisotopic (exact) mass is 584 g/mol. The summed E-state index contributed by atoms with van der Waals surface area (Å²) in [7, 11) is 0. The molecular formula is C24H15CuF10N2. The van der Waals surface area contributed by atoms with Gasteiger partial charge in [0, 0.05) is 5.71 Å². The molecule has 0 saturated carbocycles. The number of aliphatic imine (C=N–C) groups is 1. The molecule has 0 heterocycles. The predicted octanol–water partition coefficient (Wildman–Crippen LogP) is 8.77. The largest absolute Gasteiger partial charge is 1.00 e. The Morgan fingerprint density at radius 2 is 1.00 bits per heavy atom. The van der Waals surface area contributed by atoms with Gasteiger partial charge in [-0.25, -0.2) is 48.9 Å². The van der Waals surface area contributed by atoms with Crippen LogP contribution in [0.5, 0.6) is 0 Å². The maximum Gasteiger partial charge on any atom is 1.00 e. The van der Waals surface area contributed by atoms with Crippen molar-refractivity contribution in [2.24, 2.45) is 4.99 Å². The summed E-state index contributed by atoms with van der Waals surface area (Å²) in [6.45, 7) is 4.07. The molecule has 202 valence electrons. The normalized spacial score (nSPS) is 11.5. The van der Waals surface area contributed by atoms with E-state index in [0.29, 0.717) is 0 Å². The van der Waals surface area contributed by atoms with Crippen molar-refractivity contribution in [1.29, 1.82) is 0 Å². The zero-order valence-electron chi connectivity index (χ0n) is 18.9. The third kappa shape index (κ3) is 7.36. The molecule has 3 aromatic carbocycles. The molecule has 2 nitrogen and oxygen atoms in total. The second-order valence-electron chi connectivity index (χ2n) is 7.14. The van der Waals surface area contributed by atoms with Crippen molar-refractivity contribution >= 4 is 17.1 Å². The summed E-state index contributed by atoms with van der Waals surface area (Å²) in [5.74, 6) is -22.7. The zero-order valence-corrected chi connectivity index (χ0v) is 19.9. The van der Waals surface area contributed by atoms with Gasteiger partial charge in [0.15, 0.2) is 40.7 Å². The molecule has 0 unspecified atom stereocenters. The molecule has 3 rings (SSSR count). The SMILES string of the molecule is CC(/C=C(/C)[N-]c1c(F)c(F)c(F)c(F)c1F)=Nc1c(F)c(F)c(F)c(F)c1F.Cc1ccccc1.[Cu+]. The predicted molar refractivity (Wildman–Crippen MR) is 113 cm³/mol. The first-order valence-electron chi connectivity index (χ1n) is 9.77. The summed E-state index contributed by atoms with van der Waals surface area (Å²) in [6.07, 6.45) is 0.746. The van der Waals surface area contributed by atoms with E-state index >= 15 is 0 Å². The average Bonchev–Trinajstić information content (AvgIpc) is 2.85. The maximum atomic E-state index is 13.6. The Labute approximate surface area is 215 Å². The van der Waals surface area contributed by atoms with E-state index in [1.165, 1.54) is 5.56 Å². The molecule has 0 atom stereocenters. The van der Waals surface area contributed by atoms with Gasteiger partial charge < -0.3 is 5.32 Å². The number of nitrogens with zero attached hydrogens (tertiary/aromatic N) is 2. The summed E-state index contributed by atoms with van der Waals surface area (Å²) >= 11 is 0. The summed E-state index contributed by atoms with van der Waals surface area (Å²) in [6, 6.07) is 10.3. The zero-order chi connectivity index (χ0) is 27.3. The van der Waals surface area contributed by atoms with Crippen molar-refractivity contribution < 1.29 is 61.0 Å². The van der Waals surface area contributed by atoms with Crippen molar-refractivity contribution in [1.82, 2.24) is 0 Å². The van der Waals surface area contributed by atoms with Gasteiger partial charge in [-0.2, -0.15) is 5.70 Å². The number of allylic oxidation sites excluding steroid dienone is 2. The van der Waals surface area contributed by atoms with E-state index < -0.39 is 81.0 Å². The van der Waals surface area contributed by atoms with Gasteiger partial charge in [-0.3, -0.25) is 0 Å². The second-order valence-corrected chi connectivity index (χ2v) is 7.14. The van der Waals surface area contributed by atoms with E-state index in [1.54, 1.807) is 0 Å². The van der Waals surface area contributed by atoms with Crippen LogP contribution in [-0.2, 0) is 17.1 Å². The number of benzene rings is 3. The smallest absolute Gasteiger partial charge is 0.657 e. The Bertz CT molecular complexity index is 1280. The minimum atomic E-state index is -2.40. The van der Waals surface area contributed by atoms with Crippen LogP contribution in [0.25, 0.3) is 5.32 Å². The van der Waals surface area contributed by atoms with Crippen LogP contribution >= 0.6 is 0 Å². The van der Waals surface area contributed by atoms with Gasteiger partial charge in [0.1, 0.15) is 17.3 Å². The van der Waals surface area contributed by atoms with E-state index in [2.05, 4.69) is 29.4 Å². The van der Waals surface area contributed by atoms with Crippen molar-refractivity contribution in [2.75, 3.05) is 0 Å². The van der Waals surface area contributed by atoms with Crippen LogP contribution < -0.4 is 0 Å². The molecule has 37 heavy (non-hydrogen) atoms. The fraction of sp³-hybridized carbons (Fsp3) is 0.125. The second kappa shape index (κ2) is 13.3. The maximum absolute atomic E-state index is 13.6. The minimum absolute atomic E-state index is 0. The van der Waals surface area contributed by atoms with E-state index in [0.717, 1.165) is 19.9 Å². The Hall–Kier alpha value is -3.31. The number of hydrogen-bond donors (Lipinski definition) is 0. The molecule has 0 fully saturated rings. The fourth-order valence-electron chi connectivity index (χ4n) is 2.64. The molecule has 0 bridgehead atoms. The number of aryl methyl sites for hydroxylation is 1. The molecule has 0 aromatic heterocycles. The van der Waals surface area contributed by atoms with Crippen molar-refractivity contribution in [3.63, 3.8) is 0 Å². The van der Waals surface area contributed by atoms with Gasteiger partial charge in [-0.15, -0.1) is 0 Å². The van der Waals surface area contributed by atoms with Gasteiger partial charge in [0.2, 0.25) is 5.82 Å². The van der Waals surface area contributed by atoms with Crippen LogP contribution in [0.4, 0.5) is 55.3 Å². The van der Waals surface area contributed by atoms with Crippen molar-refractivity contribution in [3.8, 4) is 0 Å². The molecular weight excluding hydrogens is 570 g/mol. The quantitative estimate of drug-likeness (QED) is 0.0964. The van der Waals surface area contributed by atoms with E-state index in [1.807, 2.05) is 18.2 Å². The third-order valence-electron chi connectivity index (χ3n) is 4.31. The number of hydrogen-bond acceptors (Lipinski definition) is 1. The standard InChI is InChI=1S/C17H7F10N2.C7H8.Cu/c1-4(28-16-12(24)8(20)6(18)9(21)13(16)25)3-5(2)29-17-14(26)10(22)7(19)11(23)15(17)27;1-7-5-3-2-4-6-7;/h3H,1-2H3;2-6H,1H3;/q-1;;+1/b4-3-,29-5?;;. The van der Waals surface area contributed by atoms with Crippen molar-refractivity contribution in [3.05, 3.63) is 111 Å². The van der Waals surface area contributed by atoms with Crippen LogP contribution in [0.2, 0.25) is 0 Å². The van der Waals surface area contributed by atoms with Crippen LogP contribution in [0.3, 0.4) is 0 Å². The average molecular weight is 585 g/mol. The topological polar surface area (TPSA) is 26.5 Å². The van der Waals surface area contributed by atoms with Crippen LogP contribution in [0, 0.1) is 65.1 Å². The van der Waals surface area contributed by atoms with Gasteiger partial charge in [-0.05, 0) is 13.8 Å². The molecule has 0 N–H and O–H groups in total. The molecule has 0 saturated heterocycles. The summed E-state index contributed by atoms with van der Waals surface area (Å²) in [5.41, 5.74) is -2.68. The van der Waals surface area contributed by atoms with E-state index in [9.17, 15) is 43.9 Å². The first-order valence-corrected chi connectivity index (χ1v) is 9.77. The molecule has 0 amide bonds. The van der Waals surface area contributed by atoms with Gasteiger partial charge >= 0.3 is 17.1 Å². The summed E-state index contributed by atoms with van der Waals surface area (Å²) in [4.78, 5) is 3.18. The number of rotatable bonds is 4. The third-order valence-corrected chi connectivity index (χ3v) is 4.31. The fourth-order valence-corrected chi connectivity index (χ4v) is 2.64. The first-order chi connectivity index (χ1) is 16.8. The molecule has 13 heteroatoms. The van der Waals surface area contributed by atoms with Crippen LogP contribution in [-0.4, -0.2) is 5.71 Å². The van der Waals surface area contributed by atoms with Gasteiger partial charge in [-0.1, -0.05) is 54.6 Å². The Kier molecular flexibility index (Phi) is 11.4. The molecule has 0 aliphatic rings. The molecule has 0 aliphatic carbocycles. The number of halogens is 10. The van der Waals surface area contributed by atoms with Crippen molar-refractivity contribution in [2.45, 2.75) is 20.8 Å². The molecule has 0 spiro atoms. The summed E-state index contributed by atoms with van der Waals surface area (Å²) < 4.78 is 133. The first kappa shape index (κ1) is 31.7. The Balaban J connectivity index is 0.000000737.